The number of amides is 1. The van der Waals surface area contributed by atoms with E-state index in [9.17, 15) is 13.6 Å². The monoisotopic (exact) mass is 523 g/mol. The summed E-state index contributed by atoms with van der Waals surface area (Å²) in [6, 6.07) is 3.35. The van der Waals surface area contributed by atoms with Crippen LogP contribution < -0.4 is 10.6 Å². The number of carbonyl (C=O) groups excluding carboxylic acids is 1. The highest BCUT2D eigenvalue weighted by Crippen LogP contribution is 2.18. The van der Waals surface area contributed by atoms with Gasteiger partial charge in [0.15, 0.2) is 5.96 Å². The first-order chi connectivity index (χ1) is 13.4. The van der Waals surface area contributed by atoms with Crippen LogP contribution in [0.5, 0.6) is 0 Å². The highest BCUT2D eigenvalue weighted by atomic mass is 127. The summed E-state index contributed by atoms with van der Waals surface area (Å²) in [5, 5.41) is 6.32. The SMILES string of the molecule is CCNC(=NCc1cc(F)ccc1F)NCCCN1CCCC1C(=O)N(C)C.I. The van der Waals surface area contributed by atoms with E-state index in [4.69, 9.17) is 0 Å². The van der Waals surface area contributed by atoms with E-state index in [-0.39, 0.29) is 48.0 Å². The van der Waals surface area contributed by atoms with Gasteiger partial charge in [-0.1, -0.05) is 0 Å². The molecule has 1 aromatic rings. The number of likely N-dealkylation sites (tertiary alicyclic amines) is 1. The number of benzene rings is 1. The van der Waals surface area contributed by atoms with E-state index in [1.165, 1.54) is 0 Å². The van der Waals surface area contributed by atoms with E-state index in [0.29, 0.717) is 19.0 Å². The fourth-order valence-corrected chi connectivity index (χ4v) is 3.33. The number of nitrogens with zero attached hydrogens (tertiary/aromatic N) is 3. The van der Waals surface area contributed by atoms with Crippen LogP contribution in [0.4, 0.5) is 8.78 Å². The Hall–Kier alpha value is -1.49. The van der Waals surface area contributed by atoms with Crippen molar-refractivity contribution in [2.24, 2.45) is 4.99 Å². The summed E-state index contributed by atoms with van der Waals surface area (Å²) in [4.78, 5) is 20.5. The van der Waals surface area contributed by atoms with Gasteiger partial charge >= 0.3 is 0 Å². The van der Waals surface area contributed by atoms with Crippen LogP contribution >= 0.6 is 24.0 Å². The zero-order valence-corrected chi connectivity index (χ0v) is 19.7. The standard InChI is InChI=1S/C20H31F2N5O.HI/c1-4-23-20(25-14-15-13-16(21)8-9-17(15)22)24-10-6-12-27-11-5-7-18(27)19(28)26(2)3;/h8-9,13,18H,4-7,10-12,14H2,1-3H3,(H2,23,24,25);1H. The van der Waals surface area contributed by atoms with Crippen LogP contribution in [0, 0.1) is 11.6 Å². The minimum atomic E-state index is -0.475. The molecule has 0 bridgehead atoms. The molecule has 1 fully saturated rings. The maximum Gasteiger partial charge on any atom is 0.239 e. The lowest BCUT2D eigenvalue weighted by Gasteiger charge is -2.26. The highest BCUT2D eigenvalue weighted by molar-refractivity contribution is 14.0. The average Bonchev–Trinajstić information content (AvgIpc) is 3.13. The predicted molar refractivity (Wildman–Crippen MR) is 122 cm³/mol. The molecule has 1 amide bonds. The van der Waals surface area contributed by atoms with Crippen molar-refractivity contribution in [3.63, 3.8) is 0 Å². The summed E-state index contributed by atoms with van der Waals surface area (Å²) in [6.45, 7) is 5.12. The molecule has 164 valence electrons. The third kappa shape index (κ3) is 8.04. The molecule has 6 nitrogen and oxygen atoms in total. The highest BCUT2D eigenvalue weighted by Gasteiger charge is 2.30. The third-order valence-corrected chi connectivity index (χ3v) is 4.76. The number of nitrogens with one attached hydrogen (secondary N) is 2. The molecule has 1 atom stereocenters. The maximum atomic E-state index is 13.7. The molecular weight excluding hydrogens is 491 g/mol. The number of hydrogen-bond acceptors (Lipinski definition) is 3. The molecule has 0 spiro atoms. The molecule has 0 aliphatic carbocycles. The Morgan fingerprint density at radius 1 is 1.31 bits per heavy atom. The van der Waals surface area contributed by atoms with Crippen molar-refractivity contribution in [1.82, 2.24) is 20.4 Å². The normalized spacial score (nSPS) is 17.0. The molecule has 2 N–H and O–H groups in total. The van der Waals surface area contributed by atoms with Gasteiger partial charge in [-0.25, -0.2) is 13.8 Å². The summed E-state index contributed by atoms with van der Waals surface area (Å²) in [7, 11) is 3.59. The maximum absolute atomic E-state index is 13.7. The van der Waals surface area contributed by atoms with Crippen LogP contribution in [0.3, 0.4) is 0 Å². The molecular formula is C20H32F2IN5O. The van der Waals surface area contributed by atoms with Gasteiger partial charge in [0.05, 0.1) is 12.6 Å². The summed E-state index contributed by atoms with van der Waals surface area (Å²) in [5.74, 6) is -0.213. The molecule has 0 saturated carbocycles. The van der Waals surface area contributed by atoms with Crippen molar-refractivity contribution in [3.05, 3.63) is 35.4 Å². The van der Waals surface area contributed by atoms with Crippen molar-refractivity contribution in [3.8, 4) is 0 Å². The first kappa shape index (κ1) is 25.5. The average molecular weight is 523 g/mol. The minimum Gasteiger partial charge on any atom is -0.357 e. The first-order valence-electron chi connectivity index (χ1n) is 9.83. The van der Waals surface area contributed by atoms with E-state index in [0.717, 1.165) is 50.6 Å². The summed E-state index contributed by atoms with van der Waals surface area (Å²) < 4.78 is 27.0. The van der Waals surface area contributed by atoms with Crippen LogP contribution in [0.25, 0.3) is 0 Å². The molecule has 1 heterocycles. The lowest BCUT2D eigenvalue weighted by molar-refractivity contribution is -0.133. The van der Waals surface area contributed by atoms with Gasteiger partial charge < -0.3 is 15.5 Å². The van der Waals surface area contributed by atoms with Gasteiger partial charge in [0.1, 0.15) is 11.6 Å². The summed E-state index contributed by atoms with van der Waals surface area (Å²) in [6.07, 6.45) is 2.81. The first-order valence-corrected chi connectivity index (χ1v) is 9.83. The molecule has 0 radical (unpaired) electrons. The van der Waals surface area contributed by atoms with Gasteiger partial charge in [-0.15, -0.1) is 24.0 Å². The van der Waals surface area contributed by atoms with Gasteiger partial charge in [0, 0.05) is 39.3 Å². The fourth-order valence-electron chi connectivity index (χ4n) is 3.33. The Kier molecular flexibility index (Phi) is 11.4. The fraction of sp³-hybridized carbons (Fsp3) is 0.600. The van der Waals surface area contributed by atoms with E-state index in [1.807, 2.05) is 6.92 Å². The summed E-state index contributed by atoms with van der Waals surface area (Å²) in [5.41, 5.74) is 0.222. The quantitative estimate of drug-likeness (QED) is 0.238. The Labute approximate surface area is 189 Å². The second kappa shape index (κ2) is 12.9. The van der Waals surface area contributed by atoms with Gasteiger partial charge in [0.2, 0.25) is 5.91 Å². The molecule has 1 aromatic carbocycles. The number of rotatable bonds is 8. The Balaban J connectivity index is 0.00000420. The lowest BCUT2D eigenvalue weighted by atomic mass is 10.2. The molecule has 1 unspecified atom stereocenters. The van der Waals surface area contributed by atoms with Crippen molar-refractivity contribution >= 4 is 35.8 Å². The minimum absolute atomic E-state index is 0. The molecule has 1 saturated heterocycles. The summed E-state index contributed by atoms with van der Waals surface area (Å²) >= 11 is 0. The number of hydrogen-bond donors (Lipinski definition) is 2. The smallest absolute Gasteiger partial charge is 0.239 e. The lowest BCUT2D eigenvalue weighted by Crippen LogP contribution is -2.44. The molecule has 0 aromatic heterocycles. The molecule has 1 aliphatic heterocycles. The number of likely N-dealkylation sites (N-methyl/N-ethyl adjacent to an activating group) is 1. The van der Waals surface area contributed by atoms with E-state index in [1.54, 1.807) is 19.0 Å². The molecule has 1 aliphatic rings. The predicted octanol–water partition coefficient (Wildman–Crippen LogP) is 2.58. The van der Waals surface area contributed by atoms with Crippen molar-refractivity contribution < 1.29 is 13.6 Å². The van der Waals surface area contributed by atoms with Gasteiger partial charge in [-0.05, 0) is 50.9 Å². The number of aliphatic imine (C=N–C) groups is 1. The van der Waals surface area contributed by atoms with Crippen molar-refractivity contribution in [2.45, 2.75) is 38.8 Å². The Bertz CT molecular complexity index is 687. The van der Waals surface area contributed by atoms with Crippen LogP contribution in [-0.4, -0.2) is 68.0 Å². The second-order valence-corrected chi connectivity index (χ2v) is 7.14. The van der Waals surface area contributed by atoms with E-state index >= 15 is 0 Å². The topological polar surface area (TPSA) is 60.0 Å². The van der Waals surface area contributed by atoms with Crippen LogP contribution in [-0.2, 0) is 11.3 Å². The second-order valence-electron chi connectivity index (χ2n) is 7.14. The van der Waals surface area contributed by atoms with E-state index in [2.05, 4.69) is 20.5 Å². The van der Waals surface area contributed by atoms with Crippen LogP contribution in [0.2, 0.25) is 0 Å². The van der Waals surface area contributed by atoms with Crippen LogP contribution in [0.1, 0.15) is 31.7 Å². The van der Waals surface area contributed by atoms with Gasteiger partial charge in [-0.3, -0.25) is 9.69 Å². The Morgan fingerprint density at radius 3 is 2.76 bits per heavy atom. The zero-order valence-electron chi connectivity index (χ0n) is 17.4. The Morgan fingerprint density at radius 2 is 2.07 bits per heavy atom. The number of carbonyl (C=O) groups is 1. The molecule has 9 heteroatoms. The molecule has 29 heavy (non-hydrogen) atoms. The molecule has 2 rings (SSSR count). The van der Waals surface area contributed by atoms with E-state index < -0.39 is 11.6 Å². The number of halogens is 3. The van der Waals surface area contributed by atoms with Gasteiger partial charge in [0.25, 0.3) is 0 Å². The third-order valence-electron chi connectivity index (χ3n) is 4.76. The number of guanidine groups is 1. The van der Waals surface area contributed by atoms with Crippen molar-refractivity contribution in [2.75, 3.05) is 40.3 Å². The van der Waals surface area contributed by atoms with Gasteiger partial charge in [-0.2, -0.15) is 0 Å². The van der Waals surface area contributed by atoms with Crippen molar-refractivity contribution in [1.29, 1.82) is 0 Å². The van der Waals surface area contributed by atoms with Crippen LogP contribution in [0.15, 0.2) is 23.2 Å². The zero-order chi connectivity index (χ0) is 20.5. The largest absolute Gasteiger partial charge is 0.357 e.